The van der Waals surface area contributed by atoms with E-state index in [-0.39, 0.29) is 12.1 Å². The molecule has 104 valence electrons. The Kier molecular flexibility index (Phi) is 4.39. The molecule has 4 nitrogen and oxygen atoms in total. The number of hydrogen-bond acceptors (Lipinski definition) is 3. The quantitative estimate of drug-likeness (QED) is 0.916. The molecule has 1 aromatic rings. The maximum atomic E-state index is 12.3. The van der Waals surface area contributed by atoms with E-state index in [1.165, 1.54) is 9.71 Å². The van der Waals surface area contributed by atoms with Crippen molar-refractivity contribution in [3.63, 3.8) is 0 Å². The molecule has 1 heterocycles. The van der Waals surface area contributed by atoms with E-state index in [2.05, 4.69) is 5.32 Å². The number of nitrogens with zero attached hydrogens (tertiary/aromatic N) is 1. The van der Waals surface area contributed by atoms with Crippen LogP contribution in [-0.2, 0) is 10.0 Å². The summed E-state index contributed by atoms with van der Waals surface area (Å²) in [5.74, 6) is 0. The summed E-state index contributed by atoms with van der Waals surface area (Å²) in [4.78, 5) is 0. The predicted molar refractivity (Wildman–Crippen MR) is 78.0 cm³/mol. The van der Waals surface area contributed by atoms with Crippen LogP contribution in [0.1, 0.15) is 19.4 Å². The van der Waals surface area contributed by atoms with Crippen molar-refractivity contribution in [1.29, 1.82) is 0 Å². The minimum atomic E-state index is -3.33. The standard InChI is InChI=1S/C14H20N2O2S/c1-12-10-16(11-13(2)15-12)19(17,18)9-8-14-6-4-3-5-7-14/h3-9,12-13,15H,10-11H2,1-2H3. The lowest BCUT2D eigenvalue weighted by Gasteiger charge is -2.34. The Morgan fingerprint density at radius 1 is 1.16 bits per heavy atom. The Bertz CT molecular complexity index is 530. The second-order valence-corrected chi connectivity index (χ2v) is 6.86. The predicted octanol–water partition coefficient (Wildman–Crippen LogP) is 1.67. The third-order valence-corrected chi connectivity index (χ3v) is 4.61. The molecule has 2 rings (SSSR count). The molecule has 0 saturated carbocycles. The minimum absolute atomic E-state index is 0.184. The van der Waals surface area contributed by atoms with Crippen molar-refractivity contribution in [2.24, 2.45) is 0 Å². The lowest BCUT2D eigenvalue weighted by Crippen LogP contribution is -2.55. The van der Waals surface area contributed by atoms with Gasteiger partial charge in [-0.2, -0.15) is 4.31 Å². The molecular weight excluding hydrogens is 260 g/mol. The van der Waals surface area contributed by atoms with Crippen LogP contribution in [0, 0.1) is 0 Å². The highest BCUT2D eigenvalue weighted by molar-refractivity contribution is 7.92. The summed E-state index contributed by atoms with van der Waals surface area (Å²) in [7, 11) is -3.33. The van der Waals surface area contributed by atoms with Gasteiger partial charge in [0.05, 0.1) is 0 Å². The molecule has 0 bridgehead atoms. The molecule has 0 radical (unpaired) electrons. The van der Waals surface area contributed by atoms with Crippen molar-refractivity contribution in [1.82, 2.24) is 9.62 Å². The molecular formula is C14H20N2O2S. The Morgan fingerprint density at radius 2 is 1.74 bits per heavy atom. The van der Waals surface area contributed by atoms with Crippen molar-refractivity contribution in [2.45, 2.75) is 25.9 Å². The molecule has 1 aliphatic rings. The van der Waals surface area contributed by atoms with E-state index in [0.29, 0.717) is 13.1 Å². The van der Waals surface area contributed by atoms with Crippen molar-refractivity contribution in [2.75, 3.05) is 13.1 Å². The van der Waals surface area contributed by atoms with Crippen LogP contribution in [0.5, 0.6) is 0 Å². The normalized spacial score (nSPS) is 25.8. The smallest absolute Gasteiger partial charge is 0.236 e. The first-order valence-electron chi connectivity index (χ1n) is 6.47. The Balaban J connectivity index is 2.12. The van der Waals surface area contributed by atoms with Crippen LogP contribution in [0.15, 0.2) is 35.7 Å². The lowest BCUT2D eigenvalue weighted by atomic mass is 10.2. The minimum Gasteiger partial charge on any atom is -0.309 e. The molecule has 0 amide bonds. The molecule has 1 aliphatic heterocycles. The van der Waals surface area contributed by atoms with Gasteiger partial charge in [-0.25, -0.2) is 8.42 Å². The summed E-state index contributed by atoms with van der Waals surface area (Å²) < 4.78 is 26.1. The van der Waals surface area contributed by atoms with Crippen molar-refractivity contribution in [3.05, 3.63) is 41.3 Å². The number of piperazine rings is 1. The van der Waals surface area contributed by atoms with Gasteiger partial charge in [0.2, 0.25) is 10.0 Å². The van der Waals surface area contributed by atoms with Gasteiger partial charge in [-0.05, 0) is 25.5 Å². The van der Waals surface area contributed by atoms with Crippen LogP contribution < -0.4 is 5.32 Å². The molecule has 0 spiro atoms. The van der Waals surface area contributed by atoms with Crippen LogP contribution in [0.25, 0.3) is 6.08 Å². The fourth-order valence-corrected chi connectivity index (χ4v) is 3.66. The average molecular weight is 280 g/mol. The van der Waals surface area contributed by atoms with E-state index >= 15 is 0 Å². The van der Waals surface area contributed by atoms with Gasteiger partial charge in [-0.3, -0.25) is 0 Å². The maximum absolute atomic E-state index is 12.3. The molecule has 1 aromatic carbocycles. The highest BCUT2D eigenvalue weighted by Crippen LogP contribution is 2.12. The average Bonchev–Trinajstić information content (AvgIpc) is 2.37. The largest absolute Gasteiger partial charge is 0.309 e. The monoisotopic (exact) mass is 280 g/mol. The molecule has 0 aliphatic carbocycles. The highest BCUT2D eigenvalue weighted by atomic mass is 32.2. The lowest BCUT2D eigenvalue weighted by molar-refractivity contribution is 0.265. The van der Waals surface area contributed by atoms with Gasteiger partial charge in [0.25, 0.3) is 0 Å². The first-order valence-corrected chi connectivity index (χ1v) is 7.97. The zero-order chi connectivity index (χ0) is 13.9. The Labute approximate surface area is 115 Å². The number of benzene rings is 1. The molecule has 5 heteroatoms. The number of rotatable bonds is 3. The van der Waals surface area contributed by atoms with Gasteiger partial charge in [0.1, 0.15) is 0 Å². The molecule has 19 heavy (non-hydrogen) atoms. The van der Waals surface area contributed by atoms with Gasteiger partial charge in [0, 0.05) is 30.6 Å². The zero-order valence-electron chi connectivity index (χ0n) is 11.3. The summed E-state index contributed by atoms with van der Waals surface area (Å²) in [6.07, 6.45) is 1.65. The third kappa shape index (κ3) is 3.89. The van der Waals surface area contributed by atoms with Crippen molar-refractivity contribution in [3.8, 4) is 0 Å². The van der Waals surface area contributed by atoms with E-state index in [9.17, 15) is 8.42 Å². The first-order chi connectivity index (χ1) is 8.97. The van der Waals surface area contributed by atoms with Crippen molar-refractivity contribution >= 4 is 16.1 Å². The van der Waals surface area contributed by atoms with E-state index in [1.54, 1.807) is 6.08 Å². The maximum Gasteiger partial charge on any atom is 0.236 e. The number of nitrogens with one attached hydrogen (secondary N) is 1. The summed E-state index contributed by atoms with van der Waals surface area (Å²) in [6.45, 7) is 5.04. The molecule has 1 N–H and O–H groups in total. The van der Waals surface area contributed by atoms with Crippen LogP contribution in [0.4, 0.5) is 0 Å². The van der Waals surface area contributed by atoms with Gasteiger partial charge in [-0.1, -0.05) is 30.3 Å². The van der Waals surface area contributed by atoms with E-state index in [0.717, 1.165) is 5.56 Å². The third-order valence-electron chi connectivity index (χ3n) is 3.12. The van der Waals surface area contributed by atoms with E-state index in [4.69, 9.17) is 0 Å². The molecule has 1 fully saturated rings. The van der Waals surface area contributed by atoms with E-state index in [1.807, 2.05) is 44.2 Å². The Hall–Kier alpha value is -1.17. The highest BCUT2D eigenvalue weighted by Gasteiger charge is 2.28. The molecule has 2 atom stereocenters. The summed E-state index contributed by atoms with van der Waals surface area (Å²) in [6, 6.07) is 9.82. The van der Waals surface area contributed by atoms with Crippen molar-refractivity contribution < 1.29 is 8.42 Å². The topological polar surface area (TPSA) is 49.4 Å². The number of hydrogen-bond donors (Lipinski definition) is 1. The fraction of sp³-hybridized carbons (Fsp3) is 0.429. The fourth-order valence-electron chi connectivity index (χ4n) is 2.30. The van der Waals surface area contributed by atoms with Crippen LogP contribution in [0.2, 0.25) is 0 Å². The molecule has 0 aromatic heterocycles. The molecule has 1 saturated heterocycles. The van der Waals surface area contributed by atoms with Gasteiger partial charge >= 0.3 is 0 Å². The molecule has 2 unspecified atom stereocenters. The van der Waals surface area contributed by atoms with E-state index < -0.39 is 10.0 Å². The summed E-state index contributed by atoms with van der Waals surface area (Å²) >= 11 is 0. The van der Waals surface area contributed by atoms with Gasteiger partial charge in [-0.15, -0.1) is 0 Å². The second-order valence-electron chi connectivity index (χ2n) is 5.04. The van der Waals surface area contributed by atoms with Gasteiger partial charge in [0.15, 0.2) is 0 Å². The SMILES string of the molecule is CC1CN(S(=O)(=O)C=Cc2ccccc2)CC(C)N1. The summed E-state index contributed by atoms with van der Waals surface area (Å²) in [5.41, 5.74) is 0.891. The zero-order valence-corrected chi connectivity index (χ0v) is 12.1. The second kappa shape index (κ2) is 5.86. The van der Waals surface area contributed by atoms with Crippen LogP contribution in [0.3, 0.4) is 0 Å². The Morgan fingerprint density at radius 3 is 2.32 bits per heavy atom. The summed E-state index contributed by atoms with van der Waals surface area (Å²) in [5, 5.41) is 4.62. The number of sulfonamides is 1. The van der Waals surface area contributed by atoms with Crippen LogP contribution in [-0.4, -0.2) is 37.9 Å². The van der Waals surface area contributed by atoms with Gasteiger partial charge < -0.3 is 5.32 Å². The first kappa shape index (κ1) is 14.2. The van der Waals surface area contributed by atoms with Crippen LogP contribution >= 0.6 is 0 Å².